The van der Waals surface area contributed by atoms with Crippen molar-refractivity contribution in [3.63, 3.8) is 0 Å². The van der Waals surface area contributed by atoms with Crippen molar-refractivity contribution < 1.29 is 13.9 Å². The SMILES string of the molecule is CSCC[C@H](N)C(=O)NCCCOCc1ccco1. The maximum Gasteiger partial charge on any atom is 0.236 e. The van der Waals surface area contributed by atoms with Gasteiger partial charge in [0.2, 0.25) is 5.91 Å². The Bertz CT molecular complexity index is 344. The normalized spacial score (nSPS) is 12.3. The van der Waals surface area contributed by atoms with Crippen molar-refractivity contribution in [2.24, 2.45) is 5.73 Å². The van der Waals surface area contributed by atoms with Gasteiger partial charge < -0.3 is 20.2 Å². The fourth-order valence-corrected chi connectivity index (χ4v) is 1.95. The van der Waals surface area contributed by atoms with Gasteiger partial charge in [-0.2, -0.15) is 11.8 Å². The van der Waals surface area contributed by atoms with E-state index in [4.69, 9.17) is 14.9 Å². The minimum Gasteiger partial charge on any atom is -0.467 e. The Morgan fingerprint density at radius 1 is 1.63 bits per heavy atom. The lowest BCUT2D eigenvalue weighted by Gasteiger charge is -2.11. The molecular weight excluding hydrogens is 264 g/mol. The Labute approximate surface area is 118 Å². The highest BCUT2D eigenvalue weighted by Crippen LogP contribution is 2.02. The van der Waals surface area contributed by atoms with Crippen LogP contribution in [0.5, 0.6) is 0 Å². The lowest BCUT2D eigenvalue weighted by atomic mass is 10.2. The first kappa shape index (κ1) is 16.1. The summed E-state index contributed by atoms with van der Waals surface area (Å²) in [6.07, 6.45) is 5.10. The molecule has 0 aliphatic rings. The van der Waals surface area contributed by atoms with E-state index >= 15 is 0 Å². The number of nitrogens with one attached hydrogen (secondary N) is 1. The average Bonchev–Trinajstić information content (AvgIpc) is 2.92. The van der Waals surface area contributed by atoms with Gasteiger partial charge in [-0.15, -0.1) is 0 Å². The van der Waals surface area contributed by atoms with Crippen LogP contribution in [0.3, 0.4) is 0 Å². The van der Waals surface area contributed by atoms with E-state index in [0.29, 0.717) is 26.2 Å². The summed E-state index contributed by atoms with van der Waals surface area (Å²) < 4.78 is 10.5. The monoisotopic (exact) mass is 286 g/mol. The maximum atomic E-state index is 11.6. The van der Waals surface area contributed by atoms with E-state index in [1.807, 2.05) is 18.4 Å². The smallest absolute Gasteiger partial charge is 0.236 e. The zero-order valence-electron chi connectivity index (χ0n) is 11.3. The van der Waals surface area contributed by atoms with Crippen molar-refractivity contribution in [1.29, 1.82) is 0 Å². The molecule has 1 aromatic heterocycles. The molecule has 0 saturated heterocycles. The van der Waals surface area contributed by atoms with Crippen LogP contribution in [0.4, 0.5) is 0 Å². The molecular formula is C13H22N2O3S. The topological polar surface area (TPSA) is 77.5 Å². The molecule has 0 spiro atoms. The van der Waals surface area contributed by atoms with E-state index in [0.717, 1.165) is 17.9 Å². The number of carbonyl (C=O) groups excluding carboxylic acids is 1. The molecule has 0 radical (unpaired) electrons. The molecule has 108 valence electrons. The maximum absolute atomic E-state index is 11.6. The molecule has 0 saturated carbocycles. The third kappa shape index (κ3) is 7.25. The molecule has 19 heavy (non-hydrogen) atoms. The number of rotatable bonds is 10. The van der Waals surface area contributed by atoms with Crippen LogP contribution < -0.4 is 11.1 Å². The Morgan fingerprint density at radius 3 is 3.16 bits per heavy atom. The number of ether oxygens (including phenoxy) is 1. The third-order valence-corrected chi connectivity index (χ3v) is 3.20. The predicted octanol–water partition coefficient (Wildman–Crippen LogP) is 1.38. The van der Waals surface area contributed by atoms with Crippen molar-refractivity contribution in [1.82, 2.24) is 5.32 Å². The van der Waals surface area contributed by atoms with Crippen LogP contribution in [0.1, 0.15) is 18.6 Å². The van der Waals surface area contributed by atoms with Gasteiger partial charge in [-0.25, -0.2) is 0 Å². The molecule has 1 aromatic rings. The largest absolute Gasteiger partial charge is 0.467 e. The highest BCUT2D eigenvalue weighted by atomic mass is 32.2. The van der Waals surface area contributed by atoms with E-state index in [2.05, 4.69) is 5.32 Å². The zero-order chi connectivity index (χ0) is 13.9. The van der Waals surface area contributed by atoms with Crippen molar-refractivity contribution in [3.05, 3.63) is 24.2 Å². The van der Waals surface area contributed by atoms with Crippen LogP contribution in [0.2, 0.25) is 0 Å². The van der Waals surface area contributed by atoms with Crippen LogP contribution in [0, 0.1) is 0 Å². The Kier molecular flexibility index (Phi) is 8.36. The van der Waals surface area contributed by atoms with E-state index in [1.54, 1.807) is 18.0 Å². The van der Waals surface area contributed by atoms with E-state index < -0.39 is 6.04 Å². The molecule has 6 heteroatoms. The highest BCUT2D eigenvalue weighted by Gasteiger charge is 2.11. The van der Waals surface area contributed by atoms with Crippen LogP contribution in [0.25, 0.3) is 0 Å². The first-order chi connectivity index (χ1) is 9.24. The highest BCUT2D eigenvalue weighted by molar-refractivity contribution is 7.98. The average molecular weight is 286 g/mol. The number of thioether (sulfide) groups is 1. The molecule has 0 bridgehead atoms. The van der Waals surface area contributed by atoms with Crippen LogP contribution >= 0.6 is 11.8 Å². The summed E-state index contributed by atoms with van der Waals surface area (Å²) in [6, 6.07) is 3.29. The number of hydrogen-bond donors (Lipinski definition) is 2. The van der Waals surface area contributed by atoms with Crippen LogP contribution in [0.15, 0.2) is 22.8 Å². The molecule has 0 aromatic carbocycles. The van der Waals surface area contributed by atoms with Gasteiger partial charge in [-0.05, 0) is 37.0 Å². The van der Waals surface area contributed by atoms with Crippen molar-refractivity contribution in [2.75, 3.05) is 25.2 Å². The van der Waals surface area contributed by atoms with Gasteiger partial charge in [0.05, 0.1) is 12.3 Å². The molecule has 1 amide bonds. The summed E-state index contributed by atoms with van der Waals surface area (Å²) in [4.78, 5) is 11.6. The number of furan rings is 1. The van der Waals surface area contributed by atoms with Crippen molar-refractivity contribution >= 4 is 17.7 Å². The van der Waals surface area contributed by atoms with Gasteiger partial charge in [-0.3, -0.25) is 4.79 Å². The Morgan fingerprint density at radius 2 is 2.47 bits per heavy atom. The fourth-order valence-electron chi connectivity index (χ4n) is 1.46. The van der Waals surface area contributed by atoms with Crippen molar-refractivity contribution in [3.8, 4) is 0 Å². The first-order valence-electron chi connectivity index (χ1n) is 6.36. The summed E-state index contributed by atoms with van der Waals surface area (Å²) in [5.74, 6) is 1.63. The Balaban J connectivity index is 1.96. The number of hydrogen-bond acceptors (Lipinski definition) is 5. The lowest BCUT2D eigenvalue weighted by molar-refractivity contribution is -0.122. The van der Waals surface area contributed by atoms with E-state index in [1.165, 1.54) is 0 Å². The van der Waals surface area contributed by atoms with Crippen LogP contribution in [-0.2, 0) is 16.1 Å². The minimum atomic E-state index is -0.406. The number of amides is 1. The van der Waals surface area contributed by atoms with Gasteiger partial charge >= 0.3 is 0 Å². The predicted molar refractivity (Wildman–Crippen MR) is 77.0 cm³/mol. The number of carbonyl (C=O) groups is 1. The molecule has 1 heterocycles. The lowest BCUT2D eigenvalue weighted by Crippen LogP contribution is -2.41. The molecule has 1 rings (SSSR count). The van der Waals surface area contributed by atoms with Gasteiger partial charge in [0.25, 0.3) is 0 Å². The quantitative estimate of drug-likeness (QED) is 0.635. The van der Waals surface area contributed by atoms with Gasteiger partial charge in [-0.1, -0.05) is 0 Å². The summed E-state index contributed by atoms with van der Waals surface area (Å²) in [5, 5.41) is 2.81. The second kappa shape index (κ2) is 9.89. The standard InChI is InChI=1S/C13H22N2O3S/c1-19-9-5-12(14)13(16)15-6-3-7-17-10-11-4-2-8-18-11/h2,4,8,12H,3,5-7,9-10,14H2,1H3,(H,15,16)/t12-/m0/s1. The molecule has 5 nitrogen and oxygen atoms in total. The third-order valence-electron chi connectivity index (χ3n) is 2.56. The minimum absolute atomic E-state index is 0.0833. The second-order valence-corrected chi connectivity index (χ2v) is 5.15. The molecule has 0 aliphatic heterocycles. The van der Waals surface area contributed by atoms with E-state index in [-0.39, 0.29) is 5.91 Å². The second-order valence-electron chi connectivity index (χ2n) is 4.16. The van der Waals surface area contributed by atoms with Gasteiger partial charge in [0.15, 0.2) is 0 Å². The Hall–Kier alpha value is -0.980. The first-order valence-corrected chi connectivity index (χ1v) is 7.75. The number of nitrogens with two attached hydrogens (primary N) is 1. The fraction of sp³-hybridized carbons (Fsp3) is 0.615. The molecule has 1 atom stereocenters. The summed E-state index contributed by atoms with van der Waals surface area (Å²) in [6.45, 7) is 1.64. The van der Waals surface area contributed by atoms with Gasteiger partial charge in [0, 0.05) is 13.2 Å². The summed E-state index contributed by atoms with van der Waals surface area (Å²) in [7, 11) is 0. The van der Waals surface area contributed by atoms with Crippen LogP contribution in [-0.4, -0.2) is 37.1 Å². The van der Waals surface area contributed by atoms with Crippen molar-refractivity contribution in [2.45, 2.75) is 25.5 Å². The summed E-state index contributed by atoms with van der Waals surface area (Å²) >= 11 is 1.69. The van der Waals surface area contributed by atoms with E-state index in [9.17, 15) is 4.79 Å². The van der Waals surface area contributed by atoms with Gasteiger partial charge in [0.1, 0.15) is 12.4 Å². The molecule has 3 N–H and O–H groups in total. The zero-order valence-corrected chi connectivity index (χ0v) is 12.1. The molecule has 0 aliphatic carbocycles. The molecule has 0 unspecified atom stereocenters. The summed E-state index contributed by atoms with van der Waals surface area (Å²) in [5.41, 5.74) is 5.74. The molecule has 0 fully saturated rings.